The summed E-state index contributed by atoms with van der Waals surface area (Å²) >= 11 is 1.52. The number of hydrogen-bond acceptors (Lipinski definition) is 5. The highest BCUT2D eigenvalue weighted by atomic mass is 32.1. The van der Waals surface area contributed by atoms with Gasteiger partial charge in [0.1, 0.15) is 17.4 Å². The van der Waals surface area contributed by atoms with Gasteiger partial charge in [-0.15, -0.1) is 11.3 Å². The lowest BCUT2D eigenvalue weighted by Gasteiger charge is -2.03. The molecule has 1 heterocycles. The number of aryl methyl sites for hydroxylation is 1. The topological polar surface area (TPSA) is 48.4 Å². The summed E-state index contributed by atoms with van der Waals surface area (Å²) < 4.78 is 10.5. The lowest BCUT2D eigenvalue weighted by molar-refractivity contribution is 0.0468. The van der Waals surface area contributed by atoms with Crippen LogP contribution in [0.25, 0.3) is 10.6 Å². The smallest absolute Gasteiger partial charge is 0.338 e. The molecule has 0 N–H and O–H groups in total. The van der Waals surface area contributed by atoms with E-state index in [-0.39, 0.29) is 12.6 Å². The van der Waals surface area contributed by atoms with E-state index in [0.717, 1.165) is 27.6 Å². The molecule has 0 aliphatic rings. The third kappa shape index (κ3) is 3.81. The predicted octanol–water partition coefficient (Wildman–Crippen LogP) is 4.48. The molecule has 5 heteroatoms. The van der Waals surface area contributed by atoms with E-state index in [1.165, 1.54) is 11.3 Å². The van der Waals surface area contributed by atoms with Gasteiger partial charge in [0.05, 0.1) is 18.4 Å². The number of benzene rings is 2. The molecule has 0 atom stereocenters. The molecular formula is C19H17NO3S. The van der Waals surface area contributed by atoms with Crippen molar-refractivity contribution >= 4 is 17.3 Å². The number of thiazole rings is 1. The third-order valence-corrected chi connectivity index (χ3v) is 4.43. The van der Waals surface area contributed by atoms with Crippen LogP contribution in [0.4, 0.5) is 0 Å². The van der Waals surface area contributed by atoms with Crippen molar-refractivity contribution in [2.24, 2.45) is 0 Å². The van der Waals surface area contributed by atoms with Crippen molar-refractivity contribution < 1.29 is 14.3 Å². The van der Waals surface area contributed by atoms with Crippen molar-refractivity contribution in [3.05, 3.63) is 70.7 Å². The molecule has 3 rings (SSSR count). The summed E-state index contributed by atoms with van der Waals surface area (Å²) in [6.45, 7) is 2.11. The predicted molar refractivity (Wildman–Crippen MR) is 94.4 cm³/mol. The average Bonchev–Trinajstić information content (AvgIpc) is 3.09. The Labute approximate surface area is 144 Å². The van der Waals surface area contributed by atoms with Crippen LogP contribution in [-0.4, -0.2) is 18.1 Å². The van der Waals surface area contributed by atoms with Gasteiger partial charge in [0.15, 0.2) is 0 Å². The Kier molecular flexibility index (Phi) is 4.91. The summed E-state index contributed by atoms with van der Waals surface area (Å²) in [4.78, 5) is 16.6. The number of ether oxygens (including phenoxy) is 2. The van der Waals surface area contributed by atoms with Gasteiger partial charge in [-0.1, -0.05) is 17.7 Å². The maximum Gasteiger partial charge on any atom is 0.338 e. The standard InChI is InChI=1S/C19H17NO3S/c1-13-4-3-5-15(10-13)19(21)23-11-16-12-24-18(20-16)14-6-8-17(22-2)9-7-14/h3-10,12H,11H2,1-2H3. The highest BCUT2D eigenvalue weighted by Crippen LogP contribution is 2.26. The van der Waals surface area contributed by atoms with E-state index in [1.54, 1.807) is 13.2 Å². The van der Waals surface area contributed by atoms with Gasteiger partial charge in [0, 0.05) is 10.9 Å². The molecule has 4 nitrogen and oxygen atoms in total. The lowest BCUT2D eigenvalue weighted by atomic mass is 10.1. The van der Waals surface area contributed by atoms with Crippen LogP contribution < -0.4 is 4.74 Å². The monoisotopic (exact) mass is 339 g/mol. The number of esters is 1. The summed E-state index contributed by atoms with van der Waals surface area (Å²) in [5.41, 5.74) is 3.34. The van der Waals surface area contributed by atoms with Crippen LogP contribution in [0.3, 0.4) is 0 Å². The quantitative estimate of drug-likeness (QED) is 0.643. The largest absolute Gasteiger partial charge is 0.497 e. The van der Waals surface area contributed by atoms with Crippen LogP contribution in [0.5, 0.6) is 5.75 Å². The van der Waals surface area contributed by atoms with E-state index in [9.17, 15) is 4.79 Å². The molecule has 0 fully saturated rings. The van der Waals surface area contributed by atoms with Gasteiger partial charge in [-0.2, -0.15) is 0 Å². The number of methoxy groups -OCH3 is 1. The fourth-order valence-corrected chi connectivity index (χ4v) is 3.04. The number of aromatic nitrogens is 1. The van der Waals surface area contributed by atoms with Crippen molar-refractivity contribution in [3.63, 3.8) is 0 Å². The molecule has 0 unspecified atom stereocenters. The zero-order chi connectivity index (χ0) is 16.9. The fraction of sp³-hybridized carbons (Fsp3) is 0.158. The number of nitrogens with zero attached hydrogens (tertiary/aromatic N) is 1. The first-order valence-corrected chi connectivity index (χ1v) is 8.36. The van der Waals surface area contributed by atoms with Crippen molar-refractivity contribution in [2.75, 3.05) is 7.11 Å². The van der Waals surface area contributed by atoms with Gasteiger partial charge in [0.25, 0.3) is 0 Å². The van der Waals surface area contributed by atoms with Crippen molar-refractivity contribution in [2.45, 2.75) is 13.5 Å². The Morgan fingerprint density at radius 2 is 1.96 bits per heavy atom. The first-order chi connectivity index (χ1) is 11.7. The van der Waals surface area contributed by atoms with E-state index < -0.39 is 0 Å². The normalized spacial score (nSPS) is 10.4. The van der Waals surface area contributed by atoms with Crippen LogP contribution in [0.2, 0.25) is 0 Å². The molecule has 0 aliphatic heterocycles. The first-order valence-electron chi connectivity index (χ1n) is 7.48. The Morgan fingerprint density at radius 3 is 2.67 bits per heavy atom. The Morgan fingerprint density at radius 1 is 1.17 bits per heavy atom. The molecule has 24 heavy (non-hydrogen) atoms. The molecule has 0 saturated carbocycles. The molecule has 0 radical (unpaired) electrons. The van der Waals surface area contributed by atoms with Crippen LogP contribution in [0.1, 0.15) is 21.6 Å². The molecule has 0 spiro atoms. The maximum absolute atomic E-state index is 12.1. The minimum atomic E-state index is -0.335. The molecule has 2 aromatic carbocycles. The molecule has 3 aromatic rings. The third-order valence-electron chi connectivity index (χ3n) is 3.49. The molecule has 1 aromatic heterocycles. The number of hydrogen-bond donors (Lipinski definition) is 0. The second-order valence-electron chi connectivity index (χ2n) is 5.32. The number of carbonyl (C=O) groups excluding carboxylic acids is 1. The minimum absolute atomic E-state index is 0.166. The Bertz CT molecular complexity index is 840. The maximum atomic E-state index is 12.1. The molecule has 122 valence electrons. The summed E-state index contributed by atoms with van der Waals surface area (Å²) in [6, 6.07) is 15.1. The van der Waals surface area contributed by atoms with E-state index in [1.807, 2.05) is 54.8 Å². The first kappa shape index (κ1) is 16.2. The number of carbonyl (C=O) groups is 1. The van der Waals surface area contributed by atoms with Gasteiger partial charge in [0.2, 0.25) is 0 Å². The number of rotatable bonds is 5. The van der Waals surface area contributed by atoms with Gasteiger partial charge < -0.3 is 9.47 Å². The van der Waals surface area contributed by atoms with Crippen molar-refractivity contribution in [3.8, 4) is 16.3 Å². The van der Waals surface area contributed by atoms with Gasteiger partial charge in [-0.05, 0) is 43.3 Å². The van der Waals surface area contributed by atoms with E-state index in [4.69, 9.17) is 9.47 Å². The average molecular weight is 339 g/mol. The summed E-state index contributed by atoms with van der Waals surface area (Å²) in [6.07, 6.45) is 0. The molecule has 0 saturated heterocycles. The Balaban J connectivity index is 1.64. The molecule has 0 bridgehead atoms. The summed E-state index contributed by atoms with van der Waals surface area (Å²) in [5.74, 6) is 0.473. The van der Waals surface area contributed by atoms with Gasteiger partial charge >= 0.3 is 5.97 Å². The fourth-order valence-electron chi connectivity index (χ4n) is 2.23. The minimum Gasteiger partial charge on any atom is -0.497 e. The van der Waals surface area contributed by atoms with Gasteiger partial charge in [-0.3, -0.25) is 0 Å². The molecule has 0 aliphatic carbocycles. The van der Waals surface area contributed by atoms with Crippen molar-refractivity contribution in [1.82, 2.24) is 4.98 Å². The van der Waals surface area contributed by atoms with Gasteiger partial charge in [-0.25, -0.2) is 9.78 Å². The zero-order valence-corrected chi connectivity index (χ0v) is 14.3. The SMILES string of the molecule is COc1ccc(-c2nc(COC(=O)c3cccc(C)c3)cs2)cc1. The van der Waals surface area contributed by atoms with Crippen molar-refractivity contribution in [1.29, 1.82) is 0 Å². The second-order valence-corrected chi connectivity index (χ2v) is 6.18. The highest BCUT2D eigenvalue weighted by molar-refractivity contribution is 7.13. The molecule has 0 amide bonds. The van der Waals surface area contributed by atoms with E-state index >= 15 is 0 Å². The molecular weight excluding hydrogens is 322 g/mol. The second kappa shape index (κ2) is 7.27. The van der Waals surface area contributed by atoms with Crippen LogP contribution in [0.15, 0.2) is 53.9 Å². The van der Waals surface area contributed by atoms with Crippen LogP contribution in [0, 0.1) is 6.92 Å². The lowest BCUT2D eigenvalue weighted by Crippen LogP contribution is -2.05. The highest BCUT2D eigenvalue weighted by Gasteiger charge is 2.10. The van der Waals surface area contributed by atoms with E-state index in [2.05, 4.69) is 4.98 Å². The van der Waals surface area contributed by atoms with Crippen LogP contribution >= 0.6 is 11.3 Å². The van der Waals surface area contributed by atoms with Crippen LogP contribution in [-0.2, 0) is 11.3 Å². The summed E-state index contributed by atoms with van der Waals surface area (Å²) in [7, 11) is 1.64. The van der Waals surface area contributed by atoms with E-state index in [0.29, 0.717) is 5.56 Å². The Hall–Kier alpha value is -2.66. The zero-order valence-electron chi connectivity index (χ0n) is 13.5. The summed E-state index contributed by atoms with van der Waals surface area (Å²) in [5, 5.41) is 2.79.